The molecule has 1 amide bonds. The summed E-state index contributed by atoms with van der Waals surface area (Å²) < 4.78 is 41.5. The molecule has 1 fully saturated rings. The van der Waals surface area contributed by atoms with Gasteiger partial charge in [0.15, 0.2) is 0 Å². The molecule has 0 saturated carbocycles. The molecule has 6 nitrogen and oxygen atoms in total. The molecule has 172 valence electrons. The monoisotopic (exact) mass is 487 g/mol. The summed E-state index contributed by atoms with van der Waals surface area (Å²) in [5.41, 5.74) is 1.13. The molecule has 0 spiro atoms. The molecular weight excluding hydrogens is 465 g/mol. The Morgan fingerprint density at radius 1 is 0.939 bits per heavy atom. The smallest absolute Gasteiger partial charge is 0.264 e. The third kappa shape index (κ3) is 4.67. The van der Waals surface area contributed by atoms with Gasteiger partial charge >= 0.3 is 0 Å². The van der Waals surface area contributed by atoms with Crippen molar-refractivity contribution in [1.82, 2.24) is 4.90 Å². The maximum atomic E-state index is 14.1. The molecule has 0 N–H and O–H groups in total. The van der Waals surface area contributed by atoms with Crippen LogP contribution in [-0.4, -0.2) is 52.5 Å². The molecule has 3 aromatic carbocycles. The first-order chi connectivity index (χ1) is 15.8. The van der Waals surface area contributed by atoms with Crippen molar-refractivity contribution in [3.05, 3.63) is 89.2 Å². The van der Waals surface area contributed by atoms with E-state index in [4.69, 9.17) is 11.6 Å². The molecule has 1 saturated heterocycles. The van der Waals surface area contributed by atoms with Gasteiger partial charge in [0.1, 0.15) is 5.82 Å². The molecule has 1 aliphatic rings. The third-order valence-electron chi connectivity index (χ3n) is 5.71. The zero-order valence-corrected chi connectivity index (χ0v) is 19.6. The van der Waals surface area contributed by atoms with Crippen LogP contribution in [0.15, 0.2) is 77.7 Å². The number of piperazine rings is 1. The van der Waals surface area contributed by atoms with Gasteiger partial charge in [-0.3, -0.25) is 9.10 Å². The molecule has 0 aliphatic carbocycles. The molecule has 0 aromatic heterocycles. The van der Waals surface area contributed by atoms with Crippen LogP contribution < -0.4 is 9.21 Å². The number of hydrogen-bond acceptors (Lipinski definition) is 4. The number of nitrogens with zero attached hydrogens (tertiary/aromatic N) is 3. The number of sulfonamides is 1. The van der Waals surface area contributed by atoms with Gasteiger partial charge in [-0.1, -0.05) is 41.9 Å². The van der Waals surface area contributed by atoms with E-state index in [0.29, 0.717) is 37.6 Å². The molecular formula is C24H23ClFN3O3S. The summed E-state index contributed by atoms with van der Waals surface area (Å²) in [6.45, 7) is 1.65. The van der Waals surface area contributed by atoms with Crippen LogP contribution in [0.1, 0.15) is 10.4 Å². The van der Waals surface area contributed by atoms with Gasteiger partial charge in [0.25, 0.3) is 15.9 Å². The van der Waals surface area contributed by atoms with Crippen LogP contribution in [0.4, 0.5) is 15.8 Å². The number of carbonyl (C=O) groups excluding carboxylic acids is 1. The van der Waals surface area contributed by atoms with Gasteiger partial charge in [0, 0.05) is 33.2 Å². The minimum absolute atomic E-state index is 0.0217. The summed E-state index contributed by atoms with van der Waals surface area (Å²) >= 11 is 6.29. The van der Waals surface area contributed by atoms with Gasteiger partial charge in [0.05, 0.1) is 26.9 Å². The van der Waals surface area contributed by atoms with Crippen molar-refractivity contribution in [2.45, 2.75) is 4.90 Å². The van der Waals surface area contributed by atoms with Crippen molar-refractivity contribution in [2.24, 2.45) is 0 Å². The number of amides is 1. The Kier molecular flexibility index (Phi) is 6.58. The van der Waals surface area contributed by atoms with E-state index in [-0.39, 0.29) is 27.2 Å². The lowest BCUT2D eigenvalue weighted by molar-refractivity contribution is 0.0746. The molecule has 0 atom stereocenters. The Hall–Kier alpha value is -3.10. The van der Waals surface area contributed by atoms with Crippen molar-refractivity contribution in [3.8, 4) is 0 Å². The third-order valence-corrected chi connectivity index (χ3v) is 7.82. The highest BCUT2D eigenvalue weighted by molar-refractivity contribution is 7.92. The molecule has 4 rings (SSSR count). The lowest BCUT2D eigenvalue weighted by Crippen LogP contribution is -2.49. The lowest BCUT2D eigenvalue weighted by atomic mass is 10.1. The number of halogens is 2. The quantitative estimate of drug-likeness (QED) is 0.539. The molecule has 9 heteroatoms. The summed E-state index contributed by atoms with van der Waals surface area (Å²) in [5, 5.41) is 0.179. The Labute approximate surface area is 197 Å². The van der Waals surface area contributed by atoms with Gasteiger partial charge in [0.2, 0.25) is 0 Å². The van der Waals surface area contributed by atoms with Crippen molar-refractivity contribution in [3.63, 3.8) is 0 Å². The second kappa shape index (κ2) is 9.41. The summed E-state index contributed by atoms with van der Waals surface area (Å²) in [5.74, 6) is -0.659. The average molecular weight is 488 g/mol. The Balaban J connectivity index is 1.53. The predicted octanol–water partition coefficient (Wildman–Crippen LogP) is 4.27. The second-order valence-electron chi connectivity index (χ2n) is 7.68. The number of rotatable bonds is 5. The number of hydrogen-bond donors (Lipinski definition) is 0. The predicted molar refractivity (Wildman–Crippen MR) is 128 cm³/mol. The zero-order chi connectivity index (χ0) is 23.6. The highest BCUT2D eigenvalue weighted by Gasteiger charge is 2.28. The van der Waals surface area contributed by atoms with Gasteiger partial charge in [-0.15, -0.1) is 0 Å². The molecule has 0 unspecified atom stereocenters. The Morgan fingerprint density at radius 3 is 2.24 bits per heavy atom. The van der Waals surface area contributed by atoms with Crippen LogP contribution in [0.3, 0.4) is 0 Å². The van der Waals surface area contributed by atoms with Crippen molar-refractivity contribution in [1.29, 1.82) is 0 Å². The first-order valence-corrected chi connectivity index (χ1v) is 12.2. The largest absolute Gasteiger partial charge is 0.366 e. The summed E-state index contributed by atoms with van der Waals surface area (Å²) in [4.78, 5) is 16.7. The average Bonchev–Trinajstić information content (AvgIpc) is 2.84. The summed E-state index contributed by atoms with van der Waals surface area (Å²) in [6, 6.07) is 19.3. The topological polar surface area (TPSA) is 60.9 Å². The zero-order valence-electron chi connectivity index (χ0n) is 18.0. The van der Waals surface area contributed by atoms with E-state index in [2.05, 4.69) is 0 Å². The highest BCUT2D eigenvalue weighted by Crippen LogP contribution is 2.27. The van der Waals surface area contributed by atoms with E-state index in [9.17, 15) is 17.6 Å². The van der Waals surface area contributed by atoms with Crippen LogP contribution in [0.2, 0.25) is 5.02 Å². The fourth-order valence-electron chi connectivity index (χ4n) is 3.79. The number of benzene rings is 3. The van der Waals surface area contributed by atoms with Crippen molar-refractivity contribution in [2.75, 3.05) is 42.4 Å². The maximum Gasteiger partial charge on any atom is 0.264 e. The SMILES string of the molecule is CN(c1ccccc1)S(=O)(=O)c1ccc(Cl)c(C(=O)N2CCN(c3ccccc3F)CC2)c1. The van der Waals surface area contributed by atoms with Crippen LogP contribution >= 0.6 is 11.6 Å². The first kappa shape index (κ1) is 23.1. The fraction of sp³-hybridized carbons (Fsp3) is 0.208. The van der Waals surface area contributed by atoms with E-state index in [1.165, 1.54) is 31.3 Å². The molecule has 0 radical (unpaired) electrons. The van der Waals surface area contributed by atoms with Gasteiger partial charge in [-0.25, -0.2) is 12.8 Å². The molecule has 0 bridgehead atoms. The normalized spacial score (nSPS) is 14.3. The van der Waals surface area contributed by atoms with Crippen LogP contribution in [0.5, 0.6) is 0 Å². The standard InChI is InChI=1S/C24H23ClFN3O3S/c1-27(18-7-3-2-4-8-18)33(31,32)19-11-12-21(25)20(17-19)24(30)29-15-13-28(14-16-29)23-10-6-5-9-22(23)26/h2-12,17H,13-16H2,1H3. The van der Waals surface area contributed by atoms with E-state index < -0.39 is 10.0 Å². The van der Waals surface area contributed by atoms with Crippen molar-refractivity contribution < 1.29 is 17.6 Å². The summed E-state index contributed by atoms with van der Waals surface area (Å²) in [7, 11) is -2.43. The molecule has 3 aromatic rings. The first-order valence-electron chi connectivity index (χ1n) is 10.4. The number of para-hydroxylation sites is 2. The van der Waals surface area contributed by atoms with E-state index in [1.54, 1.807) is 53.4 Å². The van der Waals surface area contributed by atoms with Crippen molar-refractivity contribution >= 4 is 38.9 Å². The van der Waals surface area contributed by atoms with E-state index >= 15 is 0 Å². The second-order valence-corrected chi connectivity index (χ2v) is 10.1. The van der Waals surface area contributed by atoms with E-state index in [1.807, 2.05) is 4.90 Å². The lowest BCUT2D eigenvalue weighted by Gasteiger charge is -2.36. The van der Waals surface area contributed by atoms with E-state index in [0.717, 1.165) is 4.31 Å². The molecule has 1 heterocycles. The van der Waals surface area contributed by atoms with Gasteiger partial charge in [-0.2, -0.15) is 0 Å². The Bertz CT molecular complexity index is 1260. The molecule has 1 aliphatic heterocycles. The minimum atomic E-state index is -3.89. The van der Waals surface area contributed by atoms with Gasteiger partial charge in [-0.05, 0) is 42.5 Å². The fourth-order valence-corrected chi connectivity index (χ4v) is 5.21. The summed E-state index contributed by atoms with van der Waals surface area (Å²) in [6.07, 6.45) is 0. The maximum absolute atomic E-state index is 14.1. The van der Waals surface area contributed by atoms with Crippen LogP contribution in [0.25, 0.3) is 0 Å². The van der Waals surface area contributed by atoms with Crippen LogP contribution in [-0.2, 0) is 10.0 Å². The Morgan fingerprint density at radius 2 is 1.58 bits per heavy atom. The minimum Gasteiger partial charge on any atom is -0.366 e. The number of anilines is 2. The molecule has 33 heavy (non-hydrogen) atoms. The van der Waals surface area contributed by atoms with Crippen LogP contribution in [0, 0.1) is 5.82 Å². The number of carbonyl (C=O) groups is 1. The highest BCUT2D eigenvalue weighted by atomic mass is 35.5. The van der Waals surface area contributed by atoms with Gasteiger partial charge < -0.3 is 9.80 Å².